The zero-order chi connectivity index (χ0) is 20.5. The maximum Gasteiger partial charge on any atom is 0.250 e. The second-order valence-corrected chi connectivity index (χ2v) is 15.4. The Hall–Kier alpha value is -0.873. The minimum Gasteiger partial charge on any atom is -0.543 e. The molecule has 4 heteroatoms. The van der Waals surface area contributed by atoms with Gasteiger partial charge in [0.1, 0.15) is 11.5 Å². The molecule has 1 unspecified atom stereocenters. The van der Waals surface area contributed by atoms with E-state index < -0.39 is 8.32 Å². The lowest BCUT2D eigenvalue weighted by molar-refractivity contribution is 0.314. The molecule has 2 atom stereocenters. The number of hydrogen-bond donors (Lipinski definition) is 0. The summed E-state index contributed by atoms with van der Waals surface area (Å²) in [6.07, 6.45) is 9.69. The summed E-state index contributed by atoms with van der Waals surface area (Å²) in [7, 11) is -1.93. The largest absolute Gasteiger partial charge is 0.543 e. The van der Waals surface area contributed by atoms with Crippen LogP contribution in [-0.2, 0) is 6.42 Å². The molecule has 1 fully saturated rings. The van der Waals surface area contributed by atoms with Crippen molar-refractivity contribution in [1.82, 2.24) is 0 Å². The molecule has 0 spiro atoms. The highest BCUT2D eigenvalue weighted by Crippen LogP contribution is 2.51. The number of ether oxygens (including phenoxy) is 1. The normalized spacial score (nSPS) is 22.3. The van der Waals surface area contributed by atoms with Crippen molar-refractivity contribution in [1.29, 1.82) is 0 Å². The highest BCUT2D eigenvalue weighted by atomic mass is 32.1. The molecule has 3 rings (SSSR count). The van der Waals surface area contributed by atoms with Crippen LogP contribution in [0.3, 0.4) is 0 Å². The molecule has 0 aromatic heterocycles. The number of thiocarbonyl (C=S) groups is 1. The molecule has 0 saturated heterocycles. The molecule has 1 saturated carbocycles. The standard InChI is InChI=1S/C24H38O2SSi/c1-7-8-9-12-17-15-20-22(18-13-10-11-14-19(18)23(27)25-20)21(16-17)26-28(5,6)24(2,3)4/h15-16,18-19H,7-14H2,1-6H3/t18-,19?/m1/s1. The lowest BCUT2D eigenvalue weighted by Gasteiger charge is -2.41. The molecule has 1 aliphatic carbocycles. The van der Waals surface area contributed by atoms with Crippen molar-refractivity contribution in [3.05, 3.63) is 23.3 Å². The first-order chi connectivity index (χ1) is 13.1. The molecular weight excluding hydrogens is 380 g/mol. The molecule has 1 aromatic rings. The number of hydrogen-bond acceptors (Lipinski definition) is 3. The van der Waals surface area contributed by atoms with Gasteiger partial charge < -0.3 is 9.16 Å². The van der Waals surface area contributed by atoms with Crippen LogP contribution in [0.1, 0.15) is 89.7 Å². The van der Waals surface area contributed by atoms with E-state index in [1.165, 1.54) is 49.7 Å². The third-order valence-electron chi connectivity index (χ3n) is 7.05. The number of unbranched alkanes of at least 4 members (excludes halogenated alkanes) is 2. The zero-order valence-corrected chi connectivity index (χ0v) is 20.5. The van der Waals surface area contributed by atoms with Gasteiger partial charge in [-0.1, -0.05) is 53.4 Å². The fraction of sp³-hybridized carbons (Fsp3) is 0.708. The van der Waals surface area contributed by atoms with Crippen molar-refractivity contribution in [2.45, 2.75) is 103 Å². The summed E-state index contributed by atoms with van der Waals surface area (Å²) in [4.78, 5) is 0. The fourth-order valence-corrected chi connectivity index (χ4v) is 5.68. The molecule has 0 amide bonds. The summed E-state index contributed by atoms with van der Waals surface area (Å²) in [5.74, 6) is 2.92. The van der Waals surface area contributed by atoms with Gasteiger partial charge in [0.2, 0.25) is 8.32 Å². The third-order valence-corrected chi connectivity index (χ3v) is 11.8. The number of aryl methyl sites for hydroxylation is 1. The summed E-state index contributed by atoms with van der Waals surface area (Å²) in [5.41, 5.74) is 2.64. The zero-order valence-electron chi connectivity index (χ0n) is 18.7. The Labute approximate surface area is 178 Å². The summed E-state index contributed by atoms with van der Waals surface area (Å²) in [5, 5.41) is 0.982. The molecule has 156 valence electrons. The van der Waals surface area contributed by atoms with Crippen LogP contribution in [0, 0.1) is 5.92 Å². The van der Waals surface area contributed by atoms with Crippen LogP contribution < -0.4 is 9.16 Å². The first-order valence-corrected chi connectivity index (χ1v) is 14.5. The van der Waals surface area contributed by atoms with E-state index in [0.717, 1.165) is 29.4 Å². The van der Waals surface area contributed by atoms with E-state index in [9.17, 15) is 0 Å². The van der Waals surface area contributed by atoms with E-state index in [-0.39, 0.29) is 5.04 Å². The van der Waals surface area contributed by atoms with Gasteiger partial charge in [-0.25, -0.2) is 0 Å². The fourth-order valence-electron chi connectivity index (χ4n) is 4.28. The molecule has 0 radical (unpaired) electrons. The summed E-state index contributed by atoms with van der Waals surface area (Å²) in [6.45, 7) is 13.9. The molecule has 2 aliphatic rings. The van der Waals surface area contributed by atoms with Crippen LogP contribution in [0.4, 0.5) is 0 Å². The molecule has 0 bridgehead atoms. The van der Waals surface area contributed by atoms with E-state index in [1.54, 1.807) is 0 Å². The summed E-state index contributed by atoms with van der Waals surface area (Å²) in [6, 6.07) is 4.58. The number of rotatable bonds is 6. The quantitative estimate of drug-likeness (QED) is 0.267. The summed E-state index contributed by atoms with van der Waals surface area (Å²) < 4.78 is 13.2. The third kappa shape index (κ3) is 4.48. The maximum atomic E-state index is 6.91. The van der Waals surface area contributed by atoms with Crippen molar-refractivity contribution >= 4 is 25.6 Å². The van der Waals surface area contributed by atoms with Crippen molar-refractivity contribution in [2.24, 2.45) is 5.92 Å². The predicted octanol–water partition coefficient (Wildman–Crippen LogP) is 7.80. The Morgan fingerprint density at radius 2 is 1.79 bits per heavy atom. The maximum absolute atomic E-state index is 6.91. The van der Waals surface area contributed by atoms with E-state index in [0.29, 0.717) is 11.8 Å². The van der Waals surface area contributed by atoms with Crippen LogP contribution in [0.15, 0.2) is 12.1 Å². The average molecular weight is 419 g/mol. The van der Waals surface area contributed by atoms with Crippen LogP contribution >= 0.6 is 12.2 Å². The first kappa shape index (κ1) is 21.8. The molecule has 1 aliphatic heterocycles. The van der Waals surface area contributed by atoms with Gasteiger partial charge in [-0.3, -0.25) is 0 Å². The first-order valence-electron chi connectivity index (χ1n) is 11.2. The molecule has 0 N–H and O–H groups in total. The second kappa shape index (κ2) is 8.47. The number of benzene rings is 1. The monoisotopic (exact) mass is 418 g/mol. The van der Waals surface area contributed by atoms with E-state index in [4.69, 9.17) is 21.4 Å². The number of fused-ring (bicyclic) bond motifs is 3. The van der Waals surface area contributed by atoms with Crippen molar-refractivity contribution in [2.75, 3.05) is 0 Å². The van der Waals surface area contributed by atoms with Gasteiger partial charge in [-0.2, -0.15) is 0 Å². The van der Waals surface area contributed by atoms with Gasteiger partial charge in [0.15, 0.2) is 5.05 Å². The van der Waals surface area contributed by atoms with Gasteiger partial charge in [-0.15, -0.1) is 0 Å². The topological polar surface area (TPSA) is 18.5 Å². The lowest BCUT2D eigenvalue weighted by Crippen LogP contribution is -2.44. The van der Waals surface area contributed by atoms with E-state index in [2.05, 4.69) is 52.9 Å². The smallest absolute Gasteiger partial charge is 0.250 e. The minimum atomic E-state index is -1.93. The van der Waals surface area contributed by atoms with Gasteiger partial charge in [0.25, 0.3) is 0 Å². The molecule has 1 aromatic carbocycles. The van der Waals surface area contributed by atoms with Crippen LogP contribution in [0.5, 0.6) is 11.5 Å². The Kier molecular flexibility index (Phi) is 6.60. The van der Waals surface area contributed by atoms with Gasteiger partial charge >= 0.3 is 0 Å². The second-order valence-electron chi connectivity index (χ2n) is 10.2. The molecule has 2 nitrogen and oxygen atoms in total. The average Bonchev–Trinajstić information content (AvgIpc) is 2.60. The lowest BCUT2D eigenvalue weighted by atomic mass is 9.73. The van der Waals surface area contributed by atoms with E-state index >= 15 is 0 Å². The van der Waals surface area contributed by atoms with Crippen molar-refractivity contribution in [3.63, 3.8) is 0 Å². The summed E-state index contributed by atoms with van der Waals surface area (Å²) >= 11 is 5.69. The van der Waals surface area contributed by atoms with Crippen LogP contribution in [0.2, 0.25) is 18.1 Å². The Bertz CT molecular complexity index is 720. The highest BCUT2D eigenvalue weighted by molar-refractivity contribution is 7.80. The highest BCUT2D eigenvalue weighted by Gasteiger charge is 2.43. The SMILES string of the molecule is CCCCCc1cc2c(c(O[Si](C)(C)C(C)(C)C)c1)[C@@H]1CCCCC1C(=S)O2. The molecular formula is C24H38O2SSi. The molecule has 28 heavy (non-hydrogen) atoms. The van der Waals surface area contributed by atoms with Crippen molar-refractivity contribution in [3.8, 4) is 11.5 Å². The predicted molar refractivity (Wildman–Crippen MR) is 125 cm³/mol. The molecule has 1 heterocycles. The van der Waals surface area contributed by atoms with Crippen LogP contribution in [-0.4, -0.2) is 13.4 Å². The minimum absolute atomic E-state index is 0.175. The Morgan fingerprint density at radius 1 is 1.11 bits per heavy atom. The van der Waals surface area contributed by atoms with Gasteiger partial charge in [-0.05, 0) is 73.7 Å². The Balaban J connectivity index is 2.03. The van der Waals surface area contributed by atoms with Gasteiger partial charge in [0, 0.05) is 17.4 Å². The van der Waals surface area contributed by atoms with Crippen LogP contribution in [0.25, 0.3) is 0 Å². The van der Waals surface area contributed by atoms with Crippen molar-refractivity contribution < 1.29 is 9.16 Å². The van der Waals surface area contributed by atoms with Gasteiger partial charge in [0.05, 0.1) is 0 Å². The van der Waals surface area contributed by atoms with E-state index in [1.807, 2.05) is 0 Å². The Morgan fingerprint density at radius 3 is 2.43 bits per heavy atom.